The van der Waals surface area contributed by atoms with Gasteiger partial charge in [-0.05, 0) is 41.0 Å². The summed E-state index contributed by atoms with van der Waals surface area (Å²) in [4.78, 5) is 35.9. The summed E-state index contributed by atoms with van der Waals surface area (Å²) in [6, 6.07) is 17.5. The van der Waals surface area contributed by atoms with Gasteiger partial charge in [-0.15, -0.1) is 0 Å². The van der Waals surface area contributed by atoms with Gasteiger partial charge in [-0.25, -0.2) is 9.59 Å². The number of nitrogens with zero attached hydrogens (tertiary/aromatic N) is 2. The molecule has 0 unspecified atom stereocenters. The highest BCUT2D eigenvalue weighted by molar-refractivity contribution is 5.90. The van der Waals surface area contributed by atoms with E-state index < -0.39 is 18.1 Å². The SMILES string of the molecule is COC(=O)[C@H]1Cc2c([nH]c3ccccc23)[C@H](c2ccc(OC)cc2)N1C(=O)NCc1cccnc1. The molecule has 3 heterocycles. The van der Waals surface area contributed by atoms with Crippen LogP contribution in [0.2, 0.25) is 0 Å². The molecule has 4 aromatic rings. The number of urea groups is 1. The Morgan fingerprint density at radius 3 is 2.60 bits per heavy atom. The Hall–Kier alpha value is -4.33. The zero-order valence-corrected chi connectivity index (χ0v) is 19.5. The van der Waals surface area contributed by atoms with Gasteiger partial charge in [-0.2, -0.15) is 0 Å². The van der Waals surface area contributed by atoms with E-state index in [4.69, 9.17) is 9.47 Å². The van der Waals surface area contributed by atoms with Crippen LogP contribution < -0.4 is 10.1 Å². The summed E-state index contributed by atoms with van der Waals surface area (Å²) in [5.41, 5.74) is 4.56. The Balaban J connectivity index is 1.62. The monoisotopic (exact) mass is 470 g/mol. The Morgan fingerprint density at radius 1 is 1.09 bits per heavy atom. The standard InChI is InChI=1S/C27H26N4O4/c1-34-19-11-9-18(10-12-19)25-24-21(20-7-3-4-8-22(20)30-24)14-23(26(32)35-2)31(25)27(33)29-16-17-6-5-13-28-15-17/h3-13,15,23,25,30H,14,16H2,1-2H3,(H,29,33)/t23-,25+/m1/s1. The van der Waals surface area contributed by atoms with E-state index in [2.05, 4.69) is 15.3 Å². The van der Waals surface area contributed by atoms with Crippen molar-refractivity contribution in [3.8, 4) is 5.75 Å². The molecule has 8 heteroatoms. The van der Waals surface area contributed by atoms with Gasteiger partial charge in [-0.1, -0.05) is 36.4 Å². The van der Waals surface area contributed by atoms with E-state index >= 15 is 0 Å². The number of methoxy groups -OCH3 is 2. The van der Waals surface area contributed by atoms with E-state index in [0.717, 1.165) is 33.3 Å². The molecule has 35 heavy (non-hydrogen) atoms. The van der Waals surface area contributed by atoms with E-state index in [1.165, 1.54) is 7.11 Å². The number of hydrogen-bond donors (Lipinski definition) is 2. The summed E-state index contributed by atoms with van der Waals surface area (Å²) < 4.78 is 10.5. The van der Waals surface area contributed by atoms with E-state index in [9.17, 15) is 9.59 Å². The fourth-order valence-corrected chi connectivity index (χ4v) is 4.76. The first-order valence-corrected chi connectivity index (χ1v) is 11.4. The minimum atomic E-state index is -0.798. The largest absolute Gasteiger partial charge is 0.497 e. The Morgan fingerprint density at radius 2 is 1.89 bits per heavy atom. The second-order valence-electron chi connectivity index (χ2n) is 8.41. The predicted octanol–water partition coefficient (Wildman–Crippen LogP) is 3.97. The lowest BCUT2D eigenvalue weighted by Crippen LogP contribution is -2.55. The lowest BCUT2D eigenvalue weighted by molar-refractivity contribution is -0.146. The minimum Gasteiger partial charge on any atom is -0.497 e. The maximum absolute atomic E-state index is 13.7. The number of amides is 2. The third-order valence-electron chi connectivity index (χ3n) is 6.44. The molecular weight excluding hydrogens is 444 g/mol. The van der Waals surface area contributed by atoms with Crippen LogP contribution in [0, 0.1) is 0 Å². The van der Waals surface area contributed by atoms with E-state index in [1.54, 1.807) is 24.4 Å². The van der Waals surface area contributed by atoms with Crippen molar-refractivity contribution < 1.29 is 19.1 Å². The molecule has 0 fully saturated rings. The first-order valence-electron chi connectivity index (χ1n) is 11.4. The topological polar surface area (TPSA) is 96.6 Å². The van der Waals surface area contributed by atoms with Gasteiger partial charge in [0.05, 0.1) is 14.2 Å². The number of carbonyl (C=O) groups is 2. The van der Waals surface area contributed by atoms with Crippen LogP contribution in [0.15, 0.2) is 73.1 Å². The molecule has 1 aliphatic rings. The highest BCUT2D eigenvalue weighted by Crippen LogP contribution is 2.41. The van der Waals surface area contributed by atoms with Crippen LogP contribution in [0.3, 0.4) is 0 Å². The van der Waals surface area contributed by atoms with Crippen LogP contribution in [0.4, 0.5) is 4.79 Å². The predicted molar refractivity (Wildman–Crippen MR) is 131 cm³/mol. The average Bonchev–Trinajstić information content (AvgIpc) is 3.29. The summed E-state index contributed by atoms with van der Waals surface area (Å²) in [6.07, 6.45) is 3.73. The summed E-state index contributed by atoms with van der Waals surface area (Å²) in [5, 5.41) is 4.00. The number of carbonyl (C=O) groups excluding carboxylic acids is 2. The molecular formula is C27H26N4O4. The zero-order valence-electron chi connectivity index (χ0n) is 19.5. The summed E-state index contributed by atoms with van der Waals surface area (Å²) in [7, 11) is 2.96. The first-order chi connectivity index (χ1) is 17.1. The number of aromatic nitrogens is 2. The molecule has 2 aromatic carbocycles. The number of rotatable bonds is 5. The maximum atomic E-state index is 13.7. The number of H-pyrrole nitrogens is 1. The number of ether oxygens (including phenoxy) is 2. The summed E-state index contributed by atoms with van der Waals surface area (Å²) in [6.45, 7) is 0.284. The molecule has 0 bridgehead atoms. The van der Waals surface area contributed by atoms with Crippen LogP contribution in [-0.4, -0.2) is 47.1 Å². The number of para-hydroxylation sites is 1. The molecule has 2 amide bonds. The van der Waals surface area contributed by atoms with Crippen LogP contribution in [0.25, 0.3) is 10.9 Å². The fourth-order valence-electron chi connectivity index (χ4n) is 4.76. The summed E-state index contributed by atoms with van der Waals surface area (Å²) >= 11 is 0. The van der Waals surface area contributed by atoms with Gasteiger partial charge in [0, 0.05) is 42.0 Å². The first kappa shape index (κ1) is 22.5. The third kappa shape index (κ3) is 4.19. The molecule has 2 aromatic heterocycles. The highest BCUT2D eigenvalue weighted by Gasteiger charge is 2.44. The number of nitrogens with one attached hydrogen (secondary N) is 2. The number of aromatic amines is 1. The lowest BCUT2D eigenvalue weighted by atomic mass is 9.88. The molecule has 0 aliphatic carbocycles. The number of hydrogen-bond acceptors (Lipinski definition) is 5. The molecule has 1 aliphatic heterocycles. The number of fused-ring (bicyclic) bond motifs is 3. The molecule has 0 spiro atoms. The van der Waals surface area contributed by atoms with E-state index in [0.29, 0.717) is 12.2 Å². The average molecular weight is 471 g/mol. The van der Waals surface area contributed by atoms with E-state index in [1.807, 2.05) is 60.7 Å². The lowest BCUT2D eigenvalue weighted by Gasteiger charge is -2.40. The quantitative estimate of drug-likeness (QED) is 0.430. The van der Waals surface area contributed by atoms with Crippen molar-refractivity contribution in [3.05, 3.63) is 95.4 Å². The zero-order chi connectivity index (χ0) is 24.4. The van der Waals surface area contributed by atoms with Gasteiger partial charge in [0.2, 0.25) is 0 Å². The maximum Gasteiger partial charge on any atom is 0.329 e. The smallest absolute Gasteiger partial charge is 0.329 e. The van der Waals surface area contributed by atoms with Crippen LogP contribution >= 0.6 is 0 Å². The van der Waals surface area contributed by atoms with Gasteiger partial charge in [0.15, 0.2) is 0 Å². The Labute approximate surface area is 202 Å². The van der Waals surface area contributed by atoms with Crippen molar-refractivity contribution in [2.24, 2.45) is 0 Å². The van der Waals surface area contributed by atoms with Gasteiger partial charge >= 0.3 is 12.0 Å². The molecule has 0 radical (unpaired) electrons. The number of esters is 1. The highest BCUT2D eigenvalue weighted by atomic mass is 16.5. The van der Waals surface area contributed by atoms with E-state index in [-0.39, 0.29) is 12.6 Å². The number of benzene rings is 2. The van der Waals surface area contributed by atoms with Crippen LogP contribution in [-0.2, 0) is 22.5 Å². The number of pyridine rings is 1. The molecule has 178 valence electrons. The molecule has 0 saturated heterocycles. The van der Waals surface area contributed by atoms with Gasteiger partial charge in [-0.3, -0.25) is 9.88 Å². The Bertz CT molecular complexity index is 1350. The van der Waals surface area contributed by atoms with Crippen LogP contribution in [0.1, 0.15) is 28.4 Å². The van der Waals surface area contributed by atoms with Crippen molar-refractivity contribution in [3.63, 3.8) is 0 Å². The normalized spacial score (nSPS) is 17.0. The van der Waals surface area contributed by atoms with Crippen molar-refractivity contribution in [1.29, 1.82) is 0 Å². The third-order valence-corrected chi connectivity index (χ3v) is 6.44. The van der Waals surface area contributed by atoms with Crippen molar-refractivity contribution in [2.45, 2.75) is 25.0 Å². The molecule has 0 saturated carbocycles. The second kappa shape index (κ2) is 9.50. The molecule has 8 nitrogen and oxygen atoms in total. The second-order valence-corrected chi connectivity index (χ2v) is 8.41. The Kier molecular flexibility index (Phi) is 6.10. The van der Waals surface area contributed by atoms with Crippen molar-refractivity contribution in [2.75, 3.05) is 14.2 Å². The molecule has 2 N–H and O–H groups in total. The van der Waals surface area contributed by atoms with Gasteiger partial charge in [0.25, 0.3) is 0 Å². The van der Waals surface area contributed by atoms with Crippen LogP contribution in [0.5, 0.6) is 5.75 Å². The molecule has 2 atom stereocenters. The minimum absolute atomic E-state index is 0.284. The van der Waals surface area contributed by atoms with Gasteiger partial charge < -0.3 is 19.8 Å². The van der Waals surface area contributed by atoms with Crippen molar-refractivity contribution >= 4 is 22.9 Å². The summed E-state index contributed by atoms with van der Waals surface area (Å²) in [5.74, 6) is 0.245. The fraction of sp³-hybridized carbons (Fsp3) is 0.222. The van der Waals surface area contributed by atoms with Crippen molar-refractivity contribution in [1.82, 2.24) is 20.2 Å². The van der Waals surface area contributed by atoms with Gasteiger partial charge in [0.1, 0.15) is 17.8 Å². The molecule has 5 rings (SSSR count).